The van der Waals surface area contributed by atoms with Crippen LogP contribution in [0.5, 0.6) is 0 Å². The number of nitrogens with two attached hydrogens (primary N) is 1. The second-order valence-corrected chi connectivity index (χ2v) is 5.90. The van der Waals surface area contributed by atoms with Crippen LogP contribution in [-0.2, 0) is 0 Å². The number of hydrogen-bond donors (Lipinski definition) is 2. The molecule has 0 radical (unpaired) electrons. The Balaban J connectivity index is 1.68. The summed E-state index contributed by atoms with van der Waals surface area (Å²) < 4.78 is 0. The van der Waals surface area contributed by atoms with E-state index >= 15 is 0 Å². The Hall–Kier alpha value is -2.04. The molecule has 2 aliphatic heterocycles. The van der Waals surface area contributed by atoms with E-state index in [1.807, 2.05) is 10.3 Å². The molecule has 0 spiro atoms. The van der Waals surface area contributed by atoms with Crippen LogP contribution >= 0.6 is 11.3 Å². The van der Waals surface area contributed by atoms with Gasteiger partial charge in [-0.3, -0.25) is 4.79 Å². The summed E-state index contributed by atoms with van der Waals surface area (Å²) in [6.45, 7) is 2.66. The number of amides is 3. The first-order valence-corrected chi connectivity index (χ1v) is 7.68. The summed E-state index contributed by atoms with van der Waals surface area (Å²) in [4.78, 5) is 28.5. The Morgan fingerprint density at radius 3 is 3.19 bits per heavy atom. The number of urea groups is 1. The van der Waals surface area contributed by atoms with E-state index in [1.54, 1.807) is 11.0 Å². The molecular weight excluding hydrogens is 288 g/mol. The van der Waals surface area contributed by atoms with Gasteiger partial charge in [0.2, 0.25) is 0 Å². The van der Waals surface area contributed by atoms with Crippen LogP contribution in [0.2, 0.25) is 0 Å². The molecule has 0 aliphatic carbocycles. The van der Waals surface area contributed by atoms with E-state index in [9.17, 15) is 9.59 Å². The molecule has 0 saturated carbocycles. The Kier molecular flexibility index (Phi) is 3.82. The van der Waals surface area contributed by atoms with E-state index in [1.165, 1.54) is 11.3 Å². The molecule has 0 bridgehead atoms. The molecule has 1 atom stereocenters. The number of carbonyl (C=O) groups excluding carboxylic acids is 2. The van der Waals surface area contributed by atoms with E-state index < -0.39 is 0 Å². The highest BCUT2D eigenvalue weighted by Crippen LogP contribution is 2.19. The normalized spacial score (nSPS) is 20.6. The van der Waals surface area contributed by atoms with Gasteiger partial charge in [0.05, 0.1) is 23.0 Å². The Morgan fingerprint density at radius 1 is 1.52 bits per heavy atom. The van der Waals surface area contributed by atoms with Crippen LogP contribution < -0.4 is 11.1 Å². The number of thiophene rings is 1. The number of piperazine rings is 1. The molecule has 6 nitrogen and oxygen atoms in total. The van der Waals surface area contributed by atoms with Crippen LogP contribution in [0, 0.1) is 11.8 Å². The van der Waals surface area contributed by atoms with Crippen molar-refractivity contribution in [1.82, 2.24) is 15.1 Å². The standard InChI is InChI=1S/C14H16N4O2S/c15-3-1-2-12-6-10(9-21-12)13(19)17-4-5-18-11(8-17)7-16-14(18)20/h6,9,11H,3-5,7-8,15H2,(H,16,20). The van der Waals surface area contributed by atoms with Gasteiger partial charge >= 0.3 is 6.03 Å². The first-order chi connectivity index (χ1) is 10.2. The molecule has 1 aromatic rings. The number of rotatable bonds is 1. The molecule has 1 unspecified atom stereocenters. The van der Waals surface area contributed by atoms with E-state index in [0.717, 1.165) is 4.88 Å². The average molecular weight is 304 g/mol. The number of hydrogen-bond acceptors (Lipinski definition) is 4. The van der Waals surface area contributed by atoms with E-state index in [0.29, 0.717) is 38.3 Å². The minimum atomic E-state index is -0.0259. The summed E-state index contributed by atoms with van der Waals surface area (Å²) in [7, 11) is 0. The minimum Gasteiger partial charge on any atom is -0.336 e. The van der Waals surface area contributed by atoms with Gasteiger partial charge in [0.15, 0.2) is 0 Å². The topological polar surface area (TPSA) is 78.7 Å². The highest BCUT2D eigenvalue weighted by molar-refractivity contribution is 7.10. The predicted molar refractivity (Wildman–Crippen MR) is 80.0 cm³/mol. The second kappa shape index (κ2) is 5.76. The lowest BCUT2D eigenvalue weighted by atomic mass is 10.1. The molecule has 2 fully saturated rings. The molecule has 3 amide bonds. The van der Waals surface area contributed by atoms with Crippen molar-refractivity contribution in [3.8, 4) is 11.8 Å². The van der Waals surface area contributed by atoms with Gasteiger partial charge in [-0.05, 0) is 6.07 Å². The van der Waals surface area contributed by atoms with Gasteiger partial charge in [-0.2, -0.15) is 0 Å². The van der Waals surface area contributed by atoms with E-state index in [2.05, 4.69) is 17.2 Å². The summed E-state index contributed by atoms with van der Waals surface area (Å²) in [6, 6.07) is 1.87. The molecule has 3 N–H and O–H groups in total. The Morgan fingerprint density at radius 2 is 2.38 bits per heavy atom. The maximum atomic E-state index is 12.5. The fraction of sp³-hybridized carbons (Fsp3) is 0.429. The molecule has 7 heteroatoms. The zero-order valence-corrected chi connectivity index (χ0v) is 12.3. The second-order valence-electron chi connectivity index (χ2n) is 4.99. The van der Waals surface area contributed by atoms with Crippen molar-refractivity contribution in [1.29, 1.82) is 0 Å². The van der Waals surface area contributed by atoms with Crippen molar-refractivity contribution < 1.29 is 9.59 Å². The van der Waals surface area contributed by atoms with Crippen LogP contribution in [0.1, 0.15) is 15.2 Å². The molecule has 2 aliphatic rings. The van der Waals surface area contributed by atoms with Crippen molar-refractivity contribution >= 4 is 23.3 Å². The summed E-state index contributed by atoms with van der Waals surface area (Å²) in [6.07, 6.45) is 0. The Bertz CT molecular complexity index is 630. The smallest absolute Gasteiger partial charge is 0.317 e. The average Bonchev–Trinajstić information content (AvgIpc) is 3.11. The lowest BCUT2D eigenvalue weighted by molar-refractivity contribution is 0.0617. The van der Waals surface area contributed by atoms with Gasteiger partial charge in [0.1, 0.15) is 0 Å². The number of nitrogens with one attached hydrogen (secondary N) is 1. The highest BCUT2D eigenvalue weighted by atomic mass is 32.1. The fourth-order valence-corrected chi connectivity index (χ4v) is 3.37. The number of fused-ring (bicyclic) bond motifs is 1. The van der Waals surface area contributed by atoms with Crippen molar-refractivity contribution in [2.75, 3.05) is 32.7 Å². The van der Waals surface area contributed by atoms with E-state index in [-0.39, 0.29) is 18.0 Å². The first kappa shape index (κ1) is 13.9. The summed E-state index contributed by atoms with van der Waals surface area (Å²) >= 11 is 1.45. The van der Waals surface area contributed by atoms with Gasteiger partial charge in [-0.1, -0.05) is 11.8 Å². The summed E-state index contributed by atoms with van der Waals surface area (Å²) in [5.41, 5.74) is 6.00. The molecule has 1 aromatic heterocycles. The van der Waals surface area contributed by atoms with Gasteiger partial charge < -0.3 is 20.9 Å². The zero-order chi connectivity index (χ0) is 14.8. The maximum absolute atomic E-state index is 12.5. The van der Waals surface area contributed by atoms with Crippen LogP contribution in [0.4, 0.5) is 4.79 Å². The van der Waals surface area contributed by atoms with Crippen LogP contribution in [0.25, 0.3) is 0 Å². The van der Waals surface area contributed by atoms with Gasteiger partial charge in [0.25, 0.3) is 5.91 Å². The van der Waals surface area contributed by atoms with Gasteiger partial charge in [-0.25, -0.2) is 4.79 Å². The van der Waals surface area contributed by atoms with Gasteiger partial charge in [-0.15, -0.1) is 11.3 Å². The summed E-state index contributed by atoms with van der Waals surface area (Å²) in [5, 5.41) is 4.64. The zero-order valence-electron chi connectivity index (χ0n) is 11.5. The SMILES string of the molecule is NCC#Cc1cc(C(=O)N2CCN3C(=O)NCC3C2)cs1. The van der Waals surface area contributed by atoms with Crippen LogP contribution in [0.15, 0.2) is 11.4 Å². The summed E-state index contributed by atoms with van der Waals surface area (Å²) in [5.74, 6) is 5.72. The lowest BCUT2D eigenvalue weighted by Crippen LogP contribution is -2.53. The van der Waals surface area contributed by atoms with Crippen molar-refractivity contribution in [2.45, 2.75) is 6.04 Å². The van der Waals surface area contributed by atoms with Crippen molar-refractivity contribution in [3.05, 3.63) is 21.9 Å². The third-order valence-electron chi connectivity index (χ3n) is 3.68. The quantitative estimate of drug-likeness (QED) is 0.712. The van der Waals surface area contributed by atoms with Crippen LogP contribution in [0.3, 0.4) is 0 Å². The molecule has 3 rings (SSSR count). The first-order valence-electron chi connectivity index (χ1n) is 6.80. The minimum absolute atomic E-state index is 0.00560. The van der Waals surface area contributed by atoms with Crippen molar-refractivity contribution in [2.24, 2.45) is 5.73 Å². The van der Waals surface area contributed by atoms with Crippen molar-refractivity contribution in [3.63, 3.8) is 0 Å². The molecule has 2 saturated heterocycles. The fourth-order valence-electron chi connectivity index (χ4n) is 2.62. The third kappa shape index (κ3) is 2.73. The number of carbonyl (C=O) groups is 2. The van der Waals surface area contributed by atoms with E-state index in [4.69, 9.17) is 5.73 Å². The molecule has 21 heavy (non-hydrogen) atoms. The van der Waals surface area contributed by atoms with Crippen LogP contribution in [-0.4, -0.2) is 60.5 Å². The maximum Gasteiger partial charge on any atom is 0.317 e. The lowest BCUT2D eigenvalue weighted by Gasteiger charge is -2.36. The third-order valence-corrected chi connectivity index (χ3v) is 4.53. The monoisotopic (exact) mass is 304 g/mol. The molecule has 0 aromatic carbocycles. The largest absolute Gasteiger partial charge is 0.336 e. The van der Waals surface area contributed by atoms with Gasteiger partial charge in [0, 0.05) is 31.6 Å². The molecule has 3 heterocycles. The number of nitrogens with zero attached hydrogens (tertiary/aromatic N) is 2. The predicted octanol–water partition coefficient (Wildman–Crippen LogP) is -0.0921. The Labute approximate surface area is 126 Å². The molecule has 110 valence electrons. The molecular formula is C14H16N4O2S. The highest BCUT2D eigenvalue weighted by Gasteiger charge is 2.37.